The maximum atomic E-state index is 10.9. The molecule has 16 heavy (non-hydrogen) atoms. The largest absolute Gasteiger partial charge is 0.298 e. The van der Waals surface area contributed by atoms with Crippen LogP contribution in [0.4, 0.5) is 0 Å². The van der Waals surface area contributed by atoms with E-state index in [0.29, 0.717) is 26.7 Å². The molecule has 0 unspecified atom stereocenters. The van der Waals surface area contributed by atoms with Gasteiger partial charge in [-0.15, -0.1) is 0 Å². The standard InChI is InChI=1S/C12H7Cl2NO/c13-11-3-1-2-9(12(11)14)10-6-15-5-4-8(10)7-16/h1-7H. The van der Waals surface area contributed by atoms with Crippen molar-refractivity contribution in [3.63, 3.8) is 0 Å². The number of nitrogens with zero attached hydrogens (tertiary/aromatic N) is 1. The quantitative estimate of drug-likeness (QED) is 0.759. The Kier molecular flexibility index (Phi) is 3.22. The first-order valence-corrected chi connectivity index (χ1v) is 5.33. The number of aldehydes is 1. The summed E-state index contributed by atoms with van der Waals surface area (Å²) in [7, 11) is 0. The maximum Gasteiger partial charge on any atom is 0.150 e. The number of hydrogen-bond acceptors (Lipinski definition) is 2. The van der Waals surface area contributed by atoms with Crippen LogP contribution in [0.3, 0.4) is 0 Å². The topological polar surface area (TPSA) is 30.0 Å². The molecule has 0 aliphatic rings. The van der Waals surface area contributed by atoms with Crippen molar-refractivity contribution in [3.05, 3.63) is 52.3 Å². The molecule has 1 aromatic heterocycles. The van der Waals surface area contributed by atoms with Gasteiger partial charge in [0.1, 0.15) is 0 Å². The van der Waals surface area contributed by atoms with E-state index in [4.69, 9.17) is 23.2 Å². The Hall–Kier alpha value is -1.38. The van der Waals surface area contributed by atoms with Crippen molar-refractivity contribution >= 4 is 29.5 Å². The van der Waals surface area contributed by atoms with E-state index in [1.54, 1.807) is 36.7 Å². The van der Waals surface area contributed by atoms with Gasteiger partial charge in [-0.05, 0) is 12.1 Å². The Balaban J connectivity index is 2.67. The van der Waals surface area contributed by atoms with Gasteiger partial charge in [0.15, 0.2) is 6.29 Å². The molecule has 0 saturated carbocycles. The summed E-state index contributed by atoms with van der Waals surface area (Å²) in [6.45, 7) is 0. The minimum atomic E-state index is 0.431. The molecule has 0 N–H and O–H groups in total. The summed E-state index contributed by atoms with van der Waals surface area (Å²) in [5.74, 6) is 0. The molecule has 2 aromatic rings. The van der Waals surface area contributed by atoms with Crippen LogP contribution in [0.15, 0.2) is 36.7 Å². The fourth-order valence-electron chi connectivity index (χ4n) is 1.44. The maximum absolute atomic E-state index is 10.9. The predicted molar refractivity (Wildman–Crippen MR) is 65.1 cm³/mol. The van der Waals surface area contributed by atoms with Crippen LogP contribution in [-0.4, -0.2) is 11.3 Å². The third-order valence-electron chi connectivity index (χ3n) is 2.22. The van der Waals surface area contributed by atoms with Gasteiger partial charge in [0.2, 0.25) is 0 Å². The molecular formula is C12H7Cl2NO. The highest BCUT2D eigenvalue weighted by molar-refractivity contribution is 6.43. The zero-order valence-electron chi connectivity index (χ0n) is 8.15. The number of carbonyl (C=O) groups is 1. The van der Waals surface area contributed by atoms with Crippen LogP contribution in [0.1, 0.15) is 10.4 Å². The van der Waals surface area contributed by atoms with E-state index in [0.717, 1.165) is 6.29 Å². The van der Waals surface area contributed by atoms with Gasteiger partial charge in [-0.2, -0.15) is 0 Å². The molecule has 0 bridgehead atoms. The Morgan fingerprint density at radius 1 is 1.12 bits per heavy atom. The van der Waals surface area contributed by atoms with Crippen molar-refractivity contribution in [1.82, 2.24) is 4.98 Å². The van der Waals surface area contributed by atoms with Crippen molar-refractivity contribution in [2.24, 2.45) is 0 Å². The zero-order valence-corrected chi connectivity index (χ0v) is 9.66. The SMILES string of the molecule is O=Cc1ccncc1-c1cccc(Cl)c1Cl. The first-order chi connectivity index (χ1) is 7.74. The van der Waals surface area contributed by atoms with Crippen LogP contribution in [0.2, 0.25) is 10.0 Å². The highest BCUT2D eigenvalue weighted by atomic mass is 35.5. The molecule has 80 valence electrons. The molecule has 0 amide bonds. The summed E-state index contributed by atoms with van der Waals surface area (Å²) in [6.07, 6.45) is 3.93. The number of hydrogen-bond donors (Lipinski definition) is 0. The van der Waals surface area contributed by atoms with Crippen molar-refractivity contribution in [2.75, 3.05) is 0 Å². The average molecular weight is 252 g/mol. The van der Waals surface area contributed by atoms with Gasteiger partial charge in [0.25, 0.3) is 0 Å². The van der Waals surface area contributed by atoms with Gasteiger partial charge in [-0.1, -0.05) is 35.3 Å². The highest BCUT2D eigenvalue weighted by Crippen LogP contribution is 2.34. The lowest BCUT2D eigenvalue weighted by atomic mass is 10.0. The number of halogens is 2. The lowest BCUT2D eigenvalue weighted by Gasteiger charge is -2.07. The van der Waals surface area contributed by atoms with E-state index in [1.165, 1.54) is 0 Å². The summed E-state index contributed by atoms with van der Waals surface area (Å²) < 4.78 is 0. The van der Waals surface area contributed by atoms with Crippen LogP contribution < -0.4 is 0 Å². The average Bonchev–Trinajstić information content (AvgIpc) is 2.33. The molecule has 2 nitrogen and oxygen atoms in total. The second kappa shape index (κ2) is 4.64. The van der Waals surface area contributed by atoms with Gasteiger partial charge in [-0.25, -0.2) is 0 Å². The Labute approximate surface area is 103 Å². The summed E-state index contributed by atoms with van der Waals surface area (Å²) in [6, 6.07) is 6.92. The van der Waals surface area contributed by atoms with Crippen molar-refractivity contribution in [3.8, 4) is 11.1 Å². The van der Waals surface area contributed by atoms with Crippen LogP contribution in [0, 0.1) is 0 Å². The molecule has 0 atom stereocenters. The predicted octanol–water partition coefficient (Wildman–Crippen LogP) is 3.87. The molecule has 1 heterocycles. The summed E-state index contributed by atoms with van der Waals surface area (Å²) >= 11 is 12.0. The first kappa shape index (κ1) is 11.1. The minimum Gasteiger partial charge on any atom is -0.298 e. The van der Waals surface area contributed by atoms with E-state index in [9.17, 15) is 4.79 Å². The van der Waals surface area contributed by atoms with E-state index < -0.39 is 0 Å². The molecule has 4 heteroatoms. The number of benzene rings is 1. The minimum absolute atomic E-state index is 0.431. The number of pyridine rings is 1. The molecule has 0 fully saturated rings. The van der Waals surface area contributed by atoms with Gasteiger partial charge in [0.05, 0.1) is 10.0 Å². The monoisotopic (exact) mass is 251 g/mol. The Morgan fingerprint density at radius 2 is 1.94 bits per heavy atom. The van der Waals surface area contributed by atoms with Crippen molar-refractivity contribution in [2.45, 2.75) is 0 Å². The molecule has 0 saturated heterocycles. The number of rotatable bonds is 2. The first-order valence-electron chi connectivity index (χ1n) is 4.57. The Bertz CT molecular complexity index is 540. The molecule has 2 rings (SSSR count). The van der Waals surface area contributed by atoms with Gasteiger partial charge >= 0.3 is 0 Å². The van der Waals surface area contributed by atoms with E-state index >= 15 is 0 Å². The zero-order chi connectivity index (χ0) is 11.5. The molecular weight excluding hydrogens is 245 g/mol. The fourth-order valence-corrected chi connectivity index (χ4v) is 1.85. The highest BCUT2D eigenvalue weighted by Gasteiger charge is 2.10. The summed E-state index contributed by atoms with van der Waals surface area (Å²) in [5, 5.41) is 0.889. The van der Waals surface area contributed by atoms with Crippen molar-refractivity contribution in [1.29, 1.82) is 0 Å². The number of carbonyl (C=O) groups excluding carboxylic acids is 1. The lowest BCUT2D eigenvalue weighted by Crippen LogP contribution is -1.89. The van der Waals surface area contributed by atoms with Crippen LogP contribution in [-0.2, 0) is 0 Å². The second-order valence-electron chi connectivity index (χ2n) is 3.18. The number of aromatic nitrogens is 1. The summed E-state index contributed by atoms with van der Waals surface area (Å²) in [5.41, 5.74) is 1.94. The third-order valence-corrected chi connectivity index (χ3v) is 3.04. The van der Waals surface area contributed by atoms with Gasteiger partial charge in [-0.3, -0.25) is 9.78 Å². The smallest absolute Gasteiger partial charge is 0.150 e. The second-order valence-corrected chi connectivity index (χ2v) is 3.97. The Morgan fingerprint density at radius 3 is 2.69 bits per heavy atom. The van der Waals surface area contributed by atoms with Crippen LogP contribution in [0.5, 0.6) is 0 Å². The lowest BCUT2D eigenvalue weighted by molar-refractivity contribution is 0.112. The third kappa shape index (κ3) is 1.94. The van der Waals surface area contributed by atoms with Crippen LogP contribution in [0.25, 0.3) is 11.1 Å². The van der Waals surface area contributed by atoms with Crippen LogP contribution >= 0.6 is 23.2 Å². The molecule has 0 radical (unpaired) electrons. The van der Waals surface area contributed by atoms with Gasteiger partial charge < -0.3 is 0 Å². The van der Waals surface area contributed by atoms with E-state index in [-0.39, 0.29) is 0 Å². The van der Waals surface area contributed by atoms with E-state index in [2.05, 4.69) is 4.98 Å². The molecule has 1 aromatic carbocycles. The molecule has 0 spiro atoms. The summed E-state index contributed by atoms with van der Waals surface area (Å²) in [4.78, 5) is 14.9. The van der Waals surface area contributed by atoms with Crippen molar-refractivity contribution < 1.29 is 4.79 Å². The fraction of sp³-hybridized carbons (Fsp3) is 0. The molecule has 0 aliphatic heterocycles. The van der Waals surface area contributed by atoms with E-state index in [1.807, 2.05) is 0 Å². The molecule has 0 aliphatic carbocycles. The van der Waals surface area contributed by atoms with Gasteiger partial charge in [0, 0.05) is 29.1 Å². The normalized spacial score (nSPS) is 10.1.